The van der Waals surface area contributed by atoms with Gasteiger partial charge in [0.05, 0.1) is 13.5 Å². The molecule has 124 valence electrons. The number of nitrogens with zero attached hydrogens (tertiary/aromatic N) is 2. The lowest BCUT2D eigenvalue weighted by molar-refractivity contribution is -0.132. The van der Waals surface area contributed by atoms with E-state index in [0.29, 0.717) is 32.6 Å². The quantitative estimate of drug-likeness (QED) is 0.776. The average Bonchev–Trinajstić information content (AvgIpc) is 2.60. The maximum atomic E-state index is 12.3. The highest BCUT2D eigenvalue weighted by Crippen LogP contribution is 2.13. The summed E-state index contributed by atoms with van der Waals surface area (Å²) in [4.78, 5) is 27.4. The van der Waals surface area contributed by atoms with Crippen molar-refractivity contribution in [3.05, 3.63) is 42.5 Å². The van der Waals surface area contributed by atoms with Crippen LogP contribution in [0.25, 0.3) is 0 Å². The fraction of sp³-hybridized carbons (Fsp3) is 0.412. The summed E-state index contributed by atoms with van der Waals surface area (Å²) in [6, 6.07) is 7.46. The number of carbonyl (C=O) groups is 2. The van der Waals surface area contributed by atoms with E-state index in [9.17, 15) is 9.59 Å². The van der Waals surface area contributed by atoms with E-state index in [2.05, 4.69) is 6.58 Å². The van der Waals surface area contributed by atoms with E-state index in [4.69, 9.17) is 9.47 Å². The second-order valence-electron chi connectivity index (χ2n) is 5.26. The molecule has 1 saturated heterocycles. The van der Waals surface area contributed by atoms with Gasteiger partial charge in [-0.1, -0.05) is 24.8 Å². The van der Waals surface area contributed by atoms with Gasteiger partial charge in [-0.25, -0.2) is 4.79 Å². The zero-order valence-electron chi connectivity index (χ0n) is 13.4. The van der Waals surface area contributed by atoms with Crippen molar-refractivity contribution in [1.82, 2.24) is 9.80 Å². The van der Waals surface area contributed by atoms with E-state index in [1.165, 1.54) is 6.08 Å². The van der Waals surface area contributed by atoms with Crippen molar-refractivity contribution < 1.29 is 19.1 Å². The van der Waals surface area contributed by atoms with Gasteiger partial charge in [0.2, 0.25) is 5.91 Å². The zero-order valence-corrected chi connectivity index (χ0v) is 13.4. The highest BCUT2D eigenvalue weighted by atomic mass is 16.6. The van der Waals surface area contributed by atoms with E-state index in [1.54, 1.807) is 16.9 Å². The first kappa shape index (κ1) is 16.9. The monoisotopic (exact) mass is 318 g/mol. The minimum absolute atomic E-state index is 0.0641. The first-order valence-corrected chi connectivity index (χ1v) is 7.57. The minimum atomic E-state index is -0.354. The van der Waals surface area contributed by atoms with Crippen molar-refractivity contribution in [2.45, 2.75) is 6.42 Å². The lowest BCUT2D eigenvalue weighted by Gasteiger charge is -2.34. The Hall–Kier alpha value is -2.50. The second-order valence-corrected chi connectivity index (χ2v) is 5.26. The topological polar surface area (TPSA) is 59.1 Å². The summed E-state index contributed by atoms with van der Waals surface area (Å²) in [5.74, 6) is 0.835. The summed E-state index contributed by atoms with van der Waals surface area (Å²) in [5.41, 5.74) is 0.948. The van der Waals surface area contributed by atoms with Crippen molar-refractivity contribution in [3.63, 3.8) is 0 Å². The zero-order chi connectivity index (χ0) is 16.7. The second kappa shape index (κ2) is 8.22. The van der Waals surface area contributed by atoms with Crippen LogP contribution in [-0.4, -0.2) is 61.7 Å². The minimum Gasteiger partial charge on any atom is -0.497 e. The molecule has 1 aromatic carbocycles. The summed E-state index contributed by atoms with van der Waals surface area (Å²) in [7, 11) is 1.61. The third-order valence-electron chi connectivity index (χ3n) is 3.73. The molecule has 6 nitrogen and oxygen atoms in total. The summed E-state index contributed by atoms with van der Waals surface area (Å²) < 4.78 is 10.1. The van der Waals surface area contributed by atoms with Crippen LogP contribution in [0.15, 0.2) is 36.9 Å². The van der Waals surface area contributed by atoms with E-state index >= 15 is 0 Å². The molecule has 0 aromatic heterocycles. The van der Waals surface area contributed by atoms with Crippen LogP contribution in [-0.2, 0) is 16.0 Å². The van der Waals surface area contributed by atoms with Crippen molar-refractivity contribution in [3.8, 4) is 5.75 Å². The van der Waals surface area contributed by atoms with Crippen LogP contribution >= 0.6 is 0 Å². The molecule has 1 fully saturated rings. The highest BCUT2D eigenvalue weighted by molar-refractivity contribution is 5.79. The molecule has 2 rings (SSSR count). The Bertz CT molecular complexity index is 548. The SMILES string of the molecule is C=CCOC(=O)N1CCN(C(=O)Cc2ccc(OC)cc2)CC1. The fourth-order valence-corrected chi connectivity index (χ4v) is 2.39. The number of methoxy groups -OCH3 is 1. The molecule has 1 aliphatic rings. The van der Waals surface area contributed by atoms with Gasteiger partial charge in [0, 0.05) is 26.2 Å². The number of hydrogen-bond acceptors (Lipinski definition) is 4. The van der Waals surface area contributed by atoms with Crippen molar-refractivity contribution in [1.29, 1.82) is 0 Å². The van der Waals surface area contributed by atoms with E-state index in [0.717, 1.165) is 11.3 Å². The number of ether oxygens (including phenoxy) is 2. The number of hydrogen-bond donors (Lipinski definition) is 0. The van der Waals surface area contributed by atoms with Gasteiger partial charge in [0.25, 0.3) is 0 Å². The summed E-state index contributed by atoms with van der Waals surface area (Å²) in [6.45, 7) is 5.74. The standard InChI is InChI=1S/C17H22N2O4/c1-3-12-23-17(21)19-10-8-18(9-11-19)16(20)13-14-4-6-15(22-2)7-5-14/h3-7H,1,8-13H2,2H3. The first-order chi connectivity index (χ1) is 11.1. The van der Waals surface area contributed by atoms with E-state index in [1.807, 2.05) is 24.3 Å². The van der Waals surface area contributed by atoms with Gasteiger partial charge in [-0.05, 0) is 17.7 Å². The number of rotatable bonds is 5. The molecule has 1 heterocycles. The normalized spacial score (nSPS) is 14.3. The number of amides is 2. The Kier molecular flexibility index (Phi) is 6.02. The lowest BCUT2D eigenvalue weighted by Crippen LogP contribution is -2.51. The van der Waals surface area contributed by atoms with Crippen molar-refractivity contribution >= 4 is 12.0 Å². The molecule has 23 heavy (non-hydrogen) atoms. The lowest BCUT2D eigenvalue weighted by atomic mass is 10.1. The largest absolute Gasteiger partial charge is 0.497 e. The molecule has 0 unspecified atom stereocenters. The summed E-state index contributed by atoms with van der Waals surface area (Å²) in [6.07, 6.45) is 1.53. The average molecular weight is 318 g/mol. The molecule has 0 N–H and O–H groups in total. The van der Waals surface area contributed by atoms with Gasteiger partial charge in [-0.2, -0.15) is 0 Å². The van der Waals surface area contributed by atoms with Crippen LogP contribution in [0.1, 0.15) is 5.56 Å². The van der Waals surface area contributed by atoms with Crippen molar-refractivity contribution in [2.75, 3.05) is 39.9 Å². The number of carbonyl (C=O) groups excluding carboxylic acids is 2. The Labute approximate surface area is 136 Å². The molecule has 0 aliphatic carbocycles. The molecule has 1 aromatic rings. The van der Waals surface area contributed by atoms with E-state index < -0.39 is 0 Å². The van der Waals surface area contributed by atoms with Gasteiger partial charge in [0.1, 0.15) is 12.4 Å². The Balaban J connectivity index is 1.80. The van der Waals surface area contributed by atoms with Gasteiger partial charge in [0.15, 0.2) is 0 Å². The predicted octanol–water partition coefficient (Wildman–Crippen LogP) is 1.70. The molecule has 1 aliphatic heterocycles. The van der Waals surface area contributed by atoms with Crippen LogP contribution in [0.5, 0.6) is 5.75 Å². The maximum Gasteiger partial charge on any atom is 0.410 e. The van der Waals surface area contributed by atoms with Crippen LogP contribution in [0, 0.1) is 0 Å². The molecule has 0 radical (unpaired) electrons. The number of benzene rings is 1. The highest BCUT2D eigenvalue weighted by Gasteiger charge is 2.24. The molecule has 2 amide bonds. The maximum absolute atomic E-state index is 12.3. The summed E-state index contributed by atoms with van der Waals surface area (Å²) in [5, 5.41) is 0. The number of piperazine rings is 1. The third kappa shape index (κ3) is 4.74. The van der Waals surface area contributed by atoms with Crippen LogP contribution in [0.4, 0.5) is 4.79 Å². The summed E-state index contributed by atoms with van der Waals surface area (Å²) >= 11 is 0. The van der Waals surface area contributed by atoms with Gasteiger partial charge >= 0.3 is 6.09 Å². The van der Waals surface area contributed by atoms with Crippen LogP contribution < -0.4 is 4.74 Å². The molecule has 0 atom stereocenters. The fourth-order valence-electron chi connectivity index (χ4n) is 2.39. The first-order valence-electron chi connectivity index (χ1n) is 7.57. The predicted molar refractivity (Wildman–Crippen MR) is 86.4 cm³/mol. The van der Waals surface area contributed by atoms with Gasteiger partial charge < -0.3 is 19.3 Å². The van der Waals surface area contributed by atoms with Gasteiger partial charge in [-0.3, -0.25) is 4.79 Å². The van der Waals surface area contributed by atoms with E-state index in [-0.39, 0.29) is 18.6 Å². The van der Waals surface area contributed by atoms with Gasteiger partial charge in [-0.15, -0.1) is 0 Å². The molecule has 0 saturated carbocycles. The third-order valence-corrected chi connectivity index (χ3v) is 3.73. The van der Waals surface area contributed by atoms with Crippen LogP contribution in [0.2, 0.25) is 0 Å². The Morgan fingerprint density at radius 3 is 2.30 bits per heavy atom. The Morgan fingerprint density at radius 2 is 1.74 bits per heavy atom. The molecular formula is C17H22N2O4. The molecule has 0 bridgehead atoms. The molecular weight excluding hydrogens is 296 g/mol. The molecule has 0 spiro atoms. The molecule has 6 heteroatoms. The van der Waals surface area contributed by atoms with Crippen LogP contribution in [0.3, 0.4) is 0 Å². The smallest absolute Gasteiger partial charge is 0.410 e. The Morgan fingerprint density at radius 1 is 1.13 bits per heavy atom. The van der Waals surface area contributed by atoms with Crippen molar-refractivity contribution in [2.24, 2.45) is 0 Å².